The minimum Gasteiger partial charge on any atom is -0.0843 e. The van der Waals surface area contributed by atoms with E-state index in [2.05, 4.69) is 60.7 Å². The molecule has 102 valence electrons. The van der Waals surface area contributed by atoms with E-state index in [1.165, 1.54) is 25.8 Å². The van der Waals surface area contributed by atoms with E-state index in [1.807, 2.05) is 12.1 Å². The molecule has 0 aromatic heterocycles. The summed E-state index contributed by atoms with van der Waals surface area (Å²) in [5.74, 6) is 0. The Morgan fingerprint density at radius 3 is 1.76 bits per heavy atom. The largest absolute Gasteiger partial charge is 0.170 e. The minimum atomic E-state index is -0.0248. The molecule has 1 heterocycles. The van der Waals surface area contributed by atoms with Gasteiger partial charge in [-0.15, -0.1) is 0 Å². The average Bonchev–Trinajstić information content (AvgIpc) is 2.53. The van der Waals surface area contributed by atoms with Crippen LogP contribution in [0.25, 0.3) is 0 Å². The van der Waals surface area contributed by atoms with E-state index < -0.39 is 0 Å². The lowest BCUT2D eigenvalue weighted by Crippen LogP contribution is -2.15. The Morgan fingerprint density at radius 2 is 1.19 bits per heavy atom. The van der Waals surface area contributed by atoms with Crippen molar-refractivity contribution in [3.05, 3.63) is 88.9 Å². The highest BCUT2D eigenvalue weighted by molar-refractivity contribution is 7.97. The summed E-state index contributed by atoms with van der Waals surface area (Å²) in [5.41, 5.74) is 2.88. The molecule has 0 saturated heterocycles. The third-order valence-electron chi connectivity index (χ3n) is 3.82. The van der Waals surface area contributed by atoms with Gasteiger partial charge >= 0.3 is 0 Å². The molecule has 0 radical (unpaired) electrons. The van der Waals surface area contributed by atoms with Gasteiger partial charge in [0.1, 0.15) is 0 Å². The quantitative estimate of drug-likeness (QED) is 0.416. The predicted octanol–water partition coefficient (Wildman–Crippen LogP) is 5.34. The summed E-state index contributed by atoms with van der Waals surface area (Å²) in [6.45, 7) is 0. The fraction of sp³-hybridized carbons (Fsp3) is 0.0526. The van der Waals surface area contributed by atoms with Crippen molar-refractivity contribution in [3.63, 3.8) is 0 Å². The van der Waals surface area contributed by atoms with Crippen molar-refractivity contribution in [2.75, 3.05) is 0 Å². The Labute approximate surface area is 132 Å². The molecule has 0 spiro atoms. The molecule has 0 amide bonds. The monoisotopic (exact) mass is 309 g/mol. The lowest BCUT2D eigenvalue weighted by molar-refractivity contribution is 1.04. The van der Waals surface area contributed by atoms with Crippen molar-refractivity contribution >= 4 is 22.5 Å². The molecule has 3 aromatic rings. The van der Waals surface area contributed by atoms with E-state index in [0.717, 1.165) is 11.4 Å². The zero-order valence-corrected chi connectivity index (χ0v) is 13.0. The molecule has 1 aliphatic heterocycles. The van der Waals surface area contributed by atoms with Gasteiger partial charge in [0.15, 0.2) is 14.7 Å². The summed E-state index contributed by atoms with van der Waals surface area (Å²) >= 11 is 6.05. The predicted molar refractivity (Wildman–Crippen MR) is 89.3 cm³/mol. The molecule has 0 aliphatic carbocycles. The van der Waals surface area contributed by atoms with Crippen LogP contribution in [0.15, 0.2) is 87.5 Å². The van der Waals surface area contributed by atoms with Crippen molar-refractivity contribution in [3.8, 4) is 0 Å². The van der Waals surface area contributed by atoms with Crippen LogP contribution in [0.4, 0.5) is 0 Å². The van der Waals surface area contributed by atoms with Gasteiger partial charge in [0.2, 0.25) is 0 Å². The van der Waals surface area contributed by atoms with Gasteiger partial charge in [0, 0.05) is 22.6 Å². The SMILES string of the molecule is Clc1ccc([S+]2c3ccccc3Cc3ccccc32)cc1. The summed E-state index contributed by atoms with van der Waals surface area (Å²) < 4.78 is 0. The molecular weight excluding hydrogens is 296 g/mol. The van der Waals surface area contributed by atoms with E-state index in [1.54, 1.807) is 0 Å². The maximum atomic E-state index is 6.05. The summed E-state index contributed by atoms with van der Waals surface area (Å²) in [6.07, 6.45) is 1.03. The smallest absolute Gasteiger partial charge is 0.0843 e. The number of hydrogen-bond donors (Lipinski definition) is 0. The first-order valence-electron chi connectivity index (χ1n) is 6.98. The van der Waals surface area contributed by atoms with Gasteiger partial charge in [0.05, 0.1) is 10.9 Å². The van der Waals surface area contributed by atoms with Crippen molar-refractivity contribution in [2.24, 2.45) is 0 Å². The van der Waals surface area contributed by atoms with Crippen LogP contribution >= 0.6 is 11.6 Å². The highest BCUT2D eigenvalue weighted by Crippen LogP contribution is 2.40. The lowest BCUT2D eigenvalue weighted by atomic mass is 10.0. The van der Waals surface area contributed by atoms with Crippen molar-refractivity contribution in [1.82, 2.24) is 0 Å². The van der Waals surface area contributed by atoms with Crippen LogP contribution < -0.4 is 0 Å². The second kappa shape index (κ2) is 5.25. The van der Waals surface area contributed by atoms with E-state index in [-0.39, 0.29) is 10.9 Å². The molecule has 0 saturated carbocycles. The van der Waals surface area contributed by atoms with Gasteiger partial charge in [-0.25, -0.2) is 0 Å². The van der Waals surface area contributed by atoms with Crippen LogP contribution in [0.5, 0.6) is 0 Å². The maximum Gasteiger partial charge on any atom is 0.170 e. The number of benzene rings is 3. The van der Waals surface area contributed by atoms with Gasteiger partial charge in [-0.1, -0.05) is 48.0 Å². The molecule has 0 N–H and O–H groups in total. The molecule has 21 heavy (non-hydrogen) atoms. The Morgan fingerprint density at radius 1 is 0.667 bits per heavy atom. The molecule has 0 atom stereocenters. The van der Waals surface area contributed by atoms with Crippen LogP contribution in [0.1, 0.15) is 11.1 Å². The Hall–Kier alpha value is -1.70. The molecule has 3 aromatic carbocycles. The standard InChI is InChI=1S/C19H14ClS/c20-16-9-11-17(12-10-16)21-18-7-3-1-5-14(18)13-15-6-2-4-8-19(15)21/h1-12H,13H2/q+1. The summed E-state index contributed by atoms with van der Waals surface area (Å²) in [6, 6.07) is 25.9. The third-order valence-corrected chi connectivity index (χ3v) is 6.49. The topological polar surface area (TPSA) is 0 Å². The van der Waals surface area contributed by atoms with Crippen molar-refractivity contribution in [2.45, 2.75) is 21.1 Å². The van der Waals surface area contributed by atoms with Gasteiger partial charge in [-0.05, 0) is 36.4 Å². The Kier molecular flexibility index (Phi) is 3.25. The fourth-order valence-electron chi connectivity index (χ4n) is 2.85. The molecule has 1 aliphatic rings. The number of rotatable bonds is 1. The Balaban J connectivity index is 1.95. The van der Waals surface area contributed by atoms with Crippen LogP contribution in [-0.2, 0) is 17.3 Å². The minimum absolute atomic E-state index is 0.0248. The van der Waals surface area contributed by atoms with Crippen LogP contribution in [0.2, 0.25) is 5.02 Å². The molecule has 0 unspecified atom stereocenters. The van der Waals surface area contributed by atoms with Crippen LogP contribution in [0, 0.1) is 0 Å². The first-order valence-corrected chi connectivity index (χ1v) is 8.59. The molecular formula is C19H14ClS+. The number of fused-ring (bicyclic) bond motifs is 2. The number of hydrogen-bond acceptors (Lipinski definition) is 0. The average molecular weight is 310 g/mol. The molecule has 0 bridgehead atoms. The van der Waals surface area contributed by atoms with E-state index in [4.69, 9.17) is 11.6 Å². The van der Waals surface area contributed by atoms with Crippen LogP contribution in [0.3, 0.4) is 0 Å². The third kappa shape index (κ3) is 2.27. The number of halogens is 1. The lowest BCUT2D eigenvalue weighted by Gasteiger charge is -2.19. The van der Waals surface area contributed by atoms with Gasteiger partial charge < -0.3 is 0 Å². The molecule has 2 heteroatoms. The van der Waals surface area contributed by atoms with Gasteiger partial charge in [0.25, 0.3) is 0 Å². The van der Waals surface area contributed by atoms with Gasteiger partial charge in [-0.2, -0.15) is 0 Å². The second-order valence-corrected chi connectivity index (χ2v) is 7.55. The second-order valence-electron chi connectivity index (χ2n) is 5.15. The highest BCUT2D eigenvalue weighted by atomic mass is 35.5. The van der Waals surface area contributed by atoms with E-state index in [9.17, 15) is 0 Å². The summed E-state index contributed by atoms with van der Waals surface area (Å²) in [4.78, 5) is 4.22. The first-order chi connectivity index (χ1) is 10.3. The van der Waals surface area contributed by atoms with Crippen molar-refractivity contribution < 1.29 is 0 Å². The van der Waals surface area contributed by atoms with Gasteiger partial charge in [-0.3, -0.25) is 0 Å². The normalized spacial score (nSPS) is 13.6. The first kappa shape index (κ1) is 13.0. The van der Waals surface area contributed by atoms with E-state index in [0.29, 0.717) is 0 Å². The molecule has 0 nitrogen and oxygen atoms in total. The van der Waals surface area contributed by atoms with E-state index >= 15 is 0 Å². The highest BCUT2D eigenvalue weighted by Gasteiger charge is 2.36. The molecule has 0 fully saturated rings. The fourth-order valence-corrected chi connectivity index (χ4v) is 5.36. The zero-order valence-electron chi connectivity index (χ0n) is 11.4. The Bertz CT molecular complexity index is 747. The van der Waals surface area contributed by atoms with Crippen molar-refractivity contribution in [1.29, 1.82) is 0 Å². The maximum absolute atomic E-state index is 6.05. The van der Waals surface area contributed by atoms with Crippen LogP contribution in [-0.4, -0.2) is 0 Å². The zero-order chi connectivity index (χ0) is 14.2. The summed E-state index contributed by atoms with van der Waals surface area (Å²) in [5, 5.41) is 0.793. The molecule has 4 rings (SSSR count). The summed E-state index contributed by atoms with van der Waals surface area (Å²) in [7, 11) is -0.0248.